The van der Waals surface area contributed by atoms with Crippen LogP contribution in [0.2, 0.25) is 0 Å². The Labute approximate surface area is 108 Å². The molecular formula is C12H15F4NO2. The average molecular weight is 281 g/mol. The smallest absolute Gasteiger partial charge is 0.419 e. The number of hydrogen-bond acceptors (Lipinski definition) is 3. The summed E-state index contributed by atoms with van der Waals surface area (Å²) in [4.78, 5) is 0. The maximum Gasteiger partial charge on any atom is 0.419 e. The maximum atomic E-state index is 13.0. The molecule has 0 radical (unpaired) electrons. The van der Waals surface area contributed by atoms with Crippen molar-refractivity contribution in [1.82, 2.24) is 5.32 Å². The highest BCUT2D eigenvalue weighted by Gasteiger charge is 2.34. The Balaban J connectivity index is 2.47. The first-order chi connectivity index (χ1) is 8.95. The van der Waals surface area contributed by atoms with Crippen LogP contribution in [0, 0.1) is 5.82 Å². The monoisotopic (exact) mass is 281 g/mol. The first-order valence-corrected chi connectivity index (χ1v) is 5.64. The Hall–Kier alpha value is -1.34. The molecule has 0 aromatic heterocycles. The number of rotatable bonds is 7. The molecule has 19 heavy (non-hydrogen) atoms. The molecule has 1 aromatic carbocycles. The van der Waals surface area contributed by atoms with Gasteiger partial charge in [-0.2, -0.15) is 13.2 Å². The predicted molar refractivity (Wildman–Crippen MR) is 61.6 cm³/mol. The van der Waals surface area contributed by atoms with Gasteiger partial charge >= 0.3 is 6.18 Å². The molecule has 1 rings (SSSR count). The van der Waals surface area contributed by atoms with Gasteiger partial charge in [-0.05, 0) is 18.2 Å². The Morgan fingerprint density at radius 3 is 2.47 bits per heavy atom. The Morgan fingerprint density at radius 1 is 1.16 bits per heavy atom. The summed E-state index contributed by atoms with van der Waals surface area (Å²) in [6.07, 6.45) is -4.72. The fourth-order valence-electron chi connectivity index (χ4n) is 1.35. The lowest BCUT2D eigenvalue weighted by Crippen LogP contribution is -2.24. The van der Waals surface area contributed by atoms with Crippen molar-refractivity contribution < 1.29 is 27.0 Å². The highest BCUT2D eigenvalue weighted by atomic mass is 19.4. The van der Waals surface area contributed by atoms with Crippen LogP contribution in [0.3, 0.4) is 0 Å². The summed E-state index contributed by atoms with van der Waals surface area (Å²) in [5.74, 6) is -1.32. The van der Waals surface area contributed by atoms with Gasteiger partial charge in [0.25, 0.3) is 0 Å². The van der Waals surface area contributed by atoms with Crippen LogP contribution < -0.4 is 10.1 Å². The molecule has 108 valence electrons. The fraction of sp³-hybridized carbons (Fsp3) is 0.500. The Kier molecular flexibility index (Phi) is 6.04. The zero-order chi connectivity index (χ0) is 14.3. The van der Waals surface area contributed by atoms with Crippen molar-refractivity contribution in [2.45, 2.75) is 6.18 Å². The zero-order valence-electron chi connectivity index (χ0n) is 10.4. The summed E-state index contributed by atoms with van der Waals surface area (Å²) in [5.41, 5.74) is -1.32. The van der Waals surface area contributed by atoms with E-state index in [1.807, 2.05) is 0 Å². The minimum absolute atomic E-state index is 0.0118. The van der Waals surface area contributed by atoms with E-state index < -0.39 is 17.6 Å². The van der Waals surface area contributed by atoms with Crippen LogP contribution in [0.15, 0.2) is 18.2 Å². The van der Waals surface area contributed by atoms with Gasteiger partial charge in [0.2, 0.25) is 0 Å². The lowest BCUT2D eigenvalue weighted by molar-refractivity contribution is -0.140. The van der Waals surface area contributed by atoms with E-state index in [4.69, 9.17) is 9.47 Å². The summed E-state index contributed by atoms with van der Waals surface area (Å²) >= 11 is 0. The van der Waals surface area contributed by atoms with Gasteiger partial charge in [0.1, 0.15) is 18.2 Å². The second kappa shape index (κ2) is 7.30. The molecule has 0 aliphatic rings. The molecule has 0 heterocycles. The zero-order valence-corrected chi connectivity index (χ0v) is 10.4. The first-order valence-electron chi connectivity index (χ1n) is 5.64. The van der Waals surface area contributed by atoms with Crippen LogP contribution >= 0.6 is 0 Å². The van der Waals surface area contributed by atoms with Crippen LogP contribution in [-0.4, -0.2) is 33.4 Å². The molecule has 0 saturated carbocycles. The summed E-state index contributed by atoms with van der Waals surface area (Å²) in [5, 5.41) is 2.97. The van der Waals surface area contributed by atoms with Gasteiger partial charge in [0.05, 0.1) is 12.2 Å². The van der Waals surface area contributed by atoms with Crippen LogP contribution in [-0.2, 0) is 10.9 Å². The molecule has 0 amide bonds. The standard InChI is InChI=1S/C12H15F4NO2/c1-18-6-4-17-5-7-19-9-2-3-11(13)10(8-9)12(14,15)16/h2-3,8,17H,4-7H2,1H3. The maximum absolute atomic E-state index is 13.0. The Morgan fingerprint density at radius 2 is 1.84 bits per heavy atom. The molecule has 1 N–H and O–H groups in total. The third kappa shape index (κ3) is 5.44. The second-order valence-electron chi connectivity index (χ2n) is 3.73. The van der Waals surface area contributed by atoms with Gasteiger partial charge < -0.3 is 14.8 Å². The molecule has 0 aliphatic carbocycles. The van der Waals surface area contributed by atoms with Crippen molar-refractivity contribution in [2.75, 3.05) is 33.4 Å². The summed E-state index contributed by atoms with van der Waals surface area (Å²) in [6, 6.07) is 2.57. The predicted octanol–water partition coefficient (Wildman–Crippen LogP) is 2.46. The van der Waals surface area contributed by atoms with Crippen molar-refractivity contribution in [3.8, 4) is 5.75 Å². The normalized spacial score (nSPS) is 11.6. The van der Waals surface area contributed by atoms with Gasteiger partial charge in [0, 0.05) is 20.2 Å². The lowest BCUT2D eigenvalue weighted by atomic mass is 10.2. The average Bonchev–Trinajstić information content (AvgIpc) is 2.34. The fourth-order valence-corrected chi connectivity index (χ4v) is 1.35. The molecule has 0 spiro atoms. The summed E-state index contributed by atoms with van der Waals surface area (Å²) in [7, 11) is 1.56. The van der Waals surface area contributed by atoms with E-state index in [1.165, 1.54) is 6.07 Å². The van der Waals surface area contributed by atoms with E-state index in [2.05, 4.69) is 5.32 Å². The highest BCUT2D eigenvalue weighted by molar-refractivity contribution is 5.31. The number of alkyl halides is 3. The van der Waals surface area contributed by atoms with E-state index in [-0.39, 0.29) is 12.4 Å². The van der Waals surface area contributed by atoms with Crippen molar-refractivity contribution in [3.05, 3.63) is 29.6 Å². The van der Waals surface area contributed by atoms with Gasteiger partial charge in [0.15, 0.2) is 0 Å². The van der Waals surface area contributed by atoms with E-state index in [9.17, 15) is 17.6 Å². The van der Waals surface area contributed by atoms with E-state index in [0.29, 0.717) is 25.8 Å². The molecular weight excluding hydrogens is 266 g/mol. The molecule has 7 heteroatoms. The van der Waals surface area contributed by atoms with Gasteiger partial charge in [-0.25, -0.2) is 4.39 Å². The minimum Gasteiger partial charge on any atom is -0.492 e. The van der Waals surface area contributed by atoms with Crippen LogP contribution in [0.25, 0.3) is 0 Å². The lowest BCUT2D eigenvalue weighted by Gasteiger charge is -2.11. The van der Waals surface area contributed by atoms with Gasteiger partial charge in [-0.15, -0.1) is 0 Å². The van der Waals surface area contributed by atoms with Crippen molar-refractivity contribution in [1.29, 1.82) is 0 Å². The molecule has 0 aliphatic heterocycles. The van der Waals surface area contributed by atoms with E-state index >= 15 is 0 Å². The van der Waals surface area contributed by atoms with Crippen molar-refractivity contribution in [3.63, 3.8) is 0 Å². The SMILES string of the molecule is COCCNCCOc1ccc(F)c(C(F)(F)F)c1. The van der Waals surface area contributed by atoms with E-state index in [0.717, 1.165) is 6.07 Å². The number of benzene rings is 1. The second-order valence-corrected chi connectivity index (χ2v) is 3.73. The number of hydrogen-bond donors (Lipinski definition) is 1. The third-order valence-corrected chi connectivity index (χ3v) is 2.27. The number of nitrogens with one attached hydrogen (secondary N) is 1. The molecule has 0 saturated heterocycles. The molecule has 0 unspecified atom stereocenters. The molecule has 0 bridgehead atoms. The molecule has 3 nitrogen and oxygen atoms in total. The van der Waals surface area contributed by atoms with Crippen molar-refractivity contribution >= 4 is 0 Å². The minimum atomic E-state index is -4.72. The summed E-state index contributed by atoms with van der Waals surface area (Å²) < 4.78 is 60.2. The largest absolute Gasteiger partial charge is 0.492 e. The Bertz CT molecular complexity index is 396. The number of halogens is 4. The van der Waals surface area contributed by atoms with Gasteiger partial charge in [-0.3, -0.25) is 0 Å². The quantitative estimate of drug-likeness (QED) is 0.615. The van der Waals surface area contributed by atoms with Crippen molar-refractivity contribution in [2.24, 2.45) is 0 Å². The summed E-state index contributed by atoms with van der Waals surface area (Å²) in [6.45, 7) is 1.81. The van der Waals surface area contributed by atoms with E-state index in [1.54, 1.807) is 7.11 Å². The number of ether oxygens (including phenoxy) is 2. The first kappa shape index (κ1) is 15.7. The topological polar surface area (TPSA) is 30.5 Å². The van der Waals surface area contributed by atoms with Crippen LogP contribution in [0.1, 0.15) is 5.56 Å². The van der Waals surface area contributed by atoms with Gasteiger partial charge in [-0.1, -0.05) is 0 Å². The van der Waals surface area contributed by atoms with Crippen LogP contribution in [0.4, 0.5) is 17.6 Å². The molecule has 0 atom stereocenters. The molecule has 1 aromatic rings. The highest BCUT2D eigenvalue weighted by Crippen LogP contribution is 2.33. The molecule has 0 fully saturated rings. The number of methoxy groups -OCH3 is 1. The third-order valence-electron chi connectivity index (χ3n) is 2.27. The van der Waals surface area contributed by atoms with Crippen LogP contribution in [0.5, 0.6) is 5.75 Å².